The third-order valence-corrected chi connectivity index (χ3v) is 0.930. The van der Waals surface area contributed by atoms with Crippen molar-refractivity contribution in [3.05, 3.63) is 12.2 Å². The summed E-state index contributed by atoms with van der Waals surface area (Å²) in [5.74, 6) is -1.54. The first kappa shape index (κ1) is 14.9. The Morgan fingerprint density at radius 1 is 1.36 bits per heavy atom. The second kappa shape index (κ2) is 9.44. The molecule has 0 aromatic rings. The molecule has 5 nitrogen and oxygen atoms in total. The van der Waals surface area contributed by atoms with Crippen molar-refractivity contribution < 1.29 is 24.2 Å². The van der Waals surface area contributed by atoms with Crippen molar-refractivity contribution in [3.63, 3.8) is 0 Å². The molecule has 0 radical (unpaired) electrons. The minimum atomic E-state index is -0.891. The Bertz CT molecular complexity index is 229. The third kappa shape index (κ3) is 16.7. The lowest BCUT2D eigenvalue weighted by atomic mass is 10.3. The summed E-state index contributed by atoms with van der Waals surface area (Å²) in [6, 6.07) is 0. The molecule has 0 amide bonds. The number of hydrogen-bond donors (Lipinski definition) is 1. The lowest BCUT2D eigenvalue weighted by molar-refractivity contribution is -0.143. The second-order valence-corrected chi connectivity index (χ2v) is 2.29. The predicted octanol–water partition coefficient (Wildman–Crippen LogP) is 0.786. The molecule has 0 heterocycles. The largest absolute Gasteiger partial charge is 0.478 e. The van der Waals surface area contributed by atoms with Gasteiger partial charge in [0.1, 0.15) is 12.2 Å². The molecule has 1 N–H and O–H groups in total. The van der Waals surface area contributed by atoms with Crippen LogP contribution in [0.25, 0.3) is 0 Å². The molecule has 80 valence electrons. The van der Waals surface area contributed by atoms with Crippen molar-refractivity contribution in [2.45, 2.75) is 20.3 Å². The number of aliphatic carboxylic acids is 1. The lowest BCUT2D eigenvalue weighted by Crippen LogP contribution is -2.05. The maximum Gasteiger partial charge on any atom is 0.327 e. The van der Waals surface area contributed by atoms with E-state index in [1.807, 2.05) is 0 Å². The first-order chi connectivity index (χ1) is 6.43. The van der Waals surface area contributed by atoms with Crippen molar-refractivity contribution in [2.24, 2.45) is 0 Å². The zero-order chi connectivity index (χ0) is 11.6. The minimum Gasteiger partial charge on any atom is -0.478 e. The van der Waals surface area contributed by atoms with Crippen molar-refractivity contribution in [1.82, 2.24) is 0 Å². The average molecular weight is 202 g/mol. The number of carbonyl (C=O) groups is 3. The molecule has 0 aliphatic rings. The van der Waals surface area contributed by atoms with Crippen LogP contribution in [0.15, 0.2) is 12.2 Å². The highest BCUT2D eigenvalue weighted by atomic mass is 16.5. The molecule has 0 aliphatic carbocycles. The fourth-order valence-corrected chi connectivity index (χ4v) is 0.418. The molecule has 0 spiro atoms. The molecular weight excluding hydrogens is 188 g/mol. The van der Waals surface area contributed by atoms with E-state index in [1.165, 1.54) is 20.1 Å². The fraction of sp³-hybridized carbons (Fsp3) is 0.444. The molecular formula is C9H14O5. The smallest absolute Gasteiger partial charge is 0.327 e. The van der Waals surface area contributed by atoms with Gasteiger partial charge in [-0.15, -0.1) is 0 Å². The Labute approximate surface area is 82.4 Å². The molecule has 0 aromatic carbocycles. The highest BCUT2D eigenvalue weighted by molar-refractivity contribution is 5.93. The molecule has 0 fully saturated rings. The number of methoxy groups -OCH3 is 1. The molecule has 0 aromatic heterocycles. The quantitative estimate of drug-likeness (QED) is 0.415. The summed E-state index contributed by atoms with van der Waals surface area (Å²) in [5, 5.41) is 7.83. The number of carbonyl (C=O) groups excluding carboxylic acids is 2. The zero-order valence-corrected chi connectivity index (χ0v) is 8.44. The molecule has 0 saturated heterocycles. The zero-order valence-electron chi connectivity index (χ0n) is 8.44. The van der Waals surface area contributed by atoms with E-state index >= 15 is 0 Å². The van der Waals surface area contributed by atoms with Gasteiger partial charge in [0.25, 0.3) is 0 Å². The van der Waals surface area contributed by atoms with E-state index in [9.17, 15) is 14.4 Å². The van der Waals surface area contributed by atoms with E-state index in [0.717, 1.165) is 6.08 Å². The normalized spacial score (nSPS) is 8.79. The molecule has 5 heteroatoms. The third-order valence-electron chi connectivity index (χ3n) is 0.930. The Balaban J connectivity index is 0. The molecule has 0 atom stereocenters. The molecule has 0 rings (SSSR count). The van der Waals surface area contributed by atoms with Crippen molar-refractivity contribution in [1.29, 1.82) is 0 Å². The van der Waals surface area contributed by atoms with E-state index in [0.29, 0.717) is 0 Å². The van der Waals surface area contributed by atoms with Crippen molar-refractivity contribution in [3.8, 4) is 0 Å². The molecule has 14 heavy (non-hydrogen) atoms. The van der Waals surface area contributed by atoms with Gasteiger partial charge in [-0.25, -0.2) is 4.79 Å². The topological polar surface area (TPSA) is 80.7 Å². The summed E-state index contributed by atoms with van der Waals surface area (Å²) < 4.78 is 4.20. The van der Waals surface area contributed by atoms with Crippen LogP contribution in [-0.2, 0) is 19.1 Å². The monoisotopic (exact) mass is 202 g/mol. The number of ether oxygens (including phenoxy) is 1. The maximum absolute atomic E-state index is 10.2. The van der Waals surface area contributed by atoms with Gasteiger partial charge in [-0.3, -0.25) is 9.59 Å². The molecule has 0 unspecified atom stereocenters. The maximum atomic E-state index is 10.2. The van der Waals surface area contributed by atoms with E-state index in [1.54, 1.807) is 6.92 Å². The fourth-order valence-electron chi connectivity index (χ4n) is 0.418. The van der Waals surface area contributed by atoms with E-state index in [-0.39, 0.29) is 12.2 Å². The number of rotatable bonds is 3. The summed E-state index contributed by atoms with van der Waals surface area (Å²) in [6.07, 6.45) is 2.44. The van der Waals surface area contributed by atoms with Gasteiger partial charge in [0, 0.05) is 6.08 Å². The minimum absolute atomic E-state index is 0.115. The summed E-state index contributed by atoms with van der Waals surface area (Å²) in [4.78, 5) is 29.8. The van der Waals surface area contributed by atoms with Gasteiger partial charge in [-0.1, -0.05) is 6.08 Å². The Hall–Kier alpha value is -1.65. The van der Waals surface area contributed by atoms with E-state index in [4.69, 9.17) is 5.11 Å². The Kier molecular flexibility index (Phi) is 10.0. The van der Waals surface area contributed by atoms with Gasteiger partial charge in [0.2, 0.25) is 0 Å². The van der Waals surface area contributed by atoms with Crippen LogP contribution in [0, 0.1) is 0 Å². The summed E-state index contributed by atoms with van der Waals surface area (Å²) >= 11 is 0. The summed E-state index contributed by atoms with van der Waals surface area (Å²) in [7, 11) is 1.26. The highest BCUT2D eigenvalue weighted by Gasteiger charge is 2.01. The number of Topliss-reactive ketones (excluding diaryl/α,β-unsaturated/α-hetero) is 1. The van der Waals surface area contributed by atoms with Gasteiger partial charge < -0.3 is 9.84 Å². The Morgan fingerprint density at radius 3 is 1.93 bits per heavy atom. The standard InChI is InChI=1S/C5H8O3.C4H6O2/c1-4(6)3-5(7)8-2;1-2-3-4(5)6/h3H2,1-2H3;2-3H,1H3,(H,5,6). The van der Waals surface area contributed by atoms with Crippen LogP contribution in [-0.4, -0.2) is 29.9 Å². The number of carboxylic acid groups (broad SMARTS) is 1. The average Bonchev–Trinajstić information content (AvgIpc) is 2.03. The second-order valence-electron chi connectivity index (χ2n) is 2.29. The summed E-state index contributed by atoms with van der Waals surface area (Å²) in [5.41, 5.74) is 0. The SMILES string of the molecule is CC=CC(=O)O.COC(=O)CC(C)=O. The van der Waals surface area contributed by atoms with Crippen LogP contribution in [0.1, 0.15) is 20.3 Å². The van der Waals surface area contributed by atoms with Crippen molar-refractivity contribution in [2.75, 3.05) is 7.11 Å². The van der Waals surface area contributed by atoms with Crippen LogP contribution in [0.5, 0.6) is 0 Å². The number of ketones is 1. The van der Waals surface area contributed by atoms with Gasteiger partial charge in [-0.05, 0) is 13.8 Å². The number of carboxylic acids is 1. The van der Waals surface area contributed by atoms with Crippen LogP contribution in [0.2, 0.25) is 0 Å². The van der Waals surface area contributed by atoms with Crippen LogP contribution >= 0.6 is 0 Å². The number of hydrogen-bond acceptors (Lipinski definition) is 4. The predicted molar refractivity (Wildman–Crippen MR) is 49.8 cm³/mol. The molecule has 0 bridgehead atoms. The van der Waals surface area contributed by atoms with Crippen LogP contribution in [0.3, 0.4) is 0 Å². The van der Waals surface area contributed by atoms with E-state index < -0.39 is 11.9 Å². The van der Waals surface area contributed by atoms with Gasteiger partial charge in [0.15, 0.2) is 0 Å². The van der Waals surface area contributed by atoms with Crippen LogP contribution in [0.4, 0.5) is 0 Å². The molecule has 0 aliphatic heterocycles. The van der Waals surface area contributed by atoms with Gasteiger partial charge in [0.05, 0.1) is 7.11 Å². The molecule has 0 saturated carbocycles. The summed E-state index contributed by atoms with van der Waals surface area (Å²) in [6.45, 7) is 3.00. The first-order valence-electron chi connectivity index (χ1n) is 3.85. The number of esters is 1. The van der Waals surface area contributed by atoms with Gasteiger partial charge >= 0.3 is 11.9 Å². The number of allylic oxidation sites excluding steroid dienone is 1. The van der Waals surface area contributed by atoms with Gasteiger partial charge in [-0.2, -0.15) is 0 Å². The van der Waals surface area contributed by atoms with E-state index in [2.05, 4.69) is 4.74 Å². The lowest BCUT2D eigenvalue weighted by Gasteiger charge is -1.90. The van der Waals surface area contributed by atoms with Crippen molar-refractivity contribution >= 4 is 17.7 Å². The van der Waals surface area contributed by atoms with Crippen LogP contribution < -0.4 is 0 Å². The first-order valence-corrected chi connectivity index (χ1v) is 3.85. The Morgan fingerprint density at radius 2 is 1.86 bits per heavy atom. The highest BCUT2D eigenvalue weighted by Crippen LogP contribution is 1.83.